The molecular weight excluding hydrogens is 455 g/mol. The van der Waals surface area contributed by atoms with Crippen molar-refractivity contribution in [3.05, 3.63) is 54.0 Å². The number of benzene rings is 1. The highest BCUT2D eigenvalue weighted by Gasteiger charge is 2.21. The van der Waals surface area contributed by atoms with Crippen molar-refractivity contribution in [3.8, 4) is 0 Å². The van der Waals surface area contributed by atoms with E-state index in [0.29, 0.717) is 13.0 Å². The molecule has 0 radical (unpaired) electrons. The van der Waals surface area contributed by atoms with Gasteiger partial charge in [0.25, 0.3) is 0 Å². The number of aliphatic imine (C=N–C) groups is 1. The first kappa shape index (κ1) is 21.3. The van der Waals surface area contributed by atoms with Crippen molar-refractivity contribution in [2.24, 2.45) is 4.99 Å². The highest BCUT2D eigenvalue weighted by Crippen LogP contribution is 2.21. The van der Waals surface area contributed by atoms with E-state index >= 15 is 0 Å². The van der Waals surface area contributed by atoms with Crippen LogP contribution < -0.4 is 15.5 Å². The van der Waals surface area contributed by atoms with Crippen LogP contribution in [-0.4, -0.2) is 31.5 Å². The van der Waals surface area contributed by atoms with E-state index in [0.717, 1.165) is 55.4 Å². The van der Waals surface area contributed by atoms with E-state index in [1.165, 1.54) is 0 Å². The van der Waals surface area contributed by atoms with Gasteiger partial charge in [-0.25, -0.2) is 4.99 Å². The van der Waals surface area contributed by atoms with E-state index in [1.807, 2.05) is 48.2 Å². The smallest absolute Gasteiger partial charge is 0.227 e. The third-order valence-corrected chi connectivity index (χ3v) is 4.33. The second kappa shape index (κ2) is 11.0. The molecular formula is C20H27IN4O2. The van der Waals surface area contributed by atoms with Crippen LogP contribution in [0.4, 0.5) is 5.69 Å². The van der Waals surface area contributed by atoms with Gasteiger partial charge in [0.1, 0.15) is 5.76 Å². The summed E-state index contributed by atoms with van der Waals surface area (Å²) in [5.41, 5.74) is 2.09. The van der Waals surface area contributed by atoms with Gasteiger partial charge in [-0.1, -0.05) is 12.1 Å². The normalized spacial score (nSPS) is 14.2. The van der Waals surface area contributed by atoms with Gasteiger partial charge in [-0.2, -0.15) is 0 Å². The van der Waals surface area contributed by atoms with Gasteiger partial charge in [0.2, 0.25) is 5.91 Å². The Kier molecular flexibility index (Phi) is 8.63. The van der Waals surface area contributed by atoms with E-state index in [2.05, 4.69) is 15.6 Å². The highest BCUT2D eigenvalue weighted by atomic mass is 127. The van der Waals surface area contributed by atoms with Crippen molar-refractivity contribution >= 4 is 41.5 Å². The molecule has 1 aliphatic heterocycles. The summed E-state index contributed by atoms with van der Waals surface area (Å²) >= 11 is 0. The molecule has 27 heavy (non-hydrogen) atoms. The van der Waals surface area contributed by atoms with Gasteiger partial charge in [-0.15, -0.1) is 24.0 Å². The van der Waals surface area contributed by atoms with Crippen molar-refractivity contribution in [1.82, 2.24) is 10.6 Å². The van der Waals surface area contributed by atoms with Crippen molar-refractivity contribution < 1.29 is 9.21 Å². The number of hydrogen-bond acceptors (Lipinski definition) is 3. The number of rotatable bonds is 7. The molecule has 2 heterocycles. The Morgan fingerprint density at radius 1 is 1.22 bits per heavy atom. The number of amides is 1. The quantitative estimate of drug-likeness (QED) is 0.361. The number of furan rings is 1. The first-order valence-corrected chi connectivity index (χ1v) is 9.20. The number of nitrogens with one attached hydrogen (secondary N) is 2. The molecule has 0 spiro atoms. The lowest BCUT2D eigenvalue weighted by Crippen LogP contribution is -2.38. The van der Waals surface area contributed by atoms with Crippen LogP contribution in [0, 0.1) is 0 Å². The zero-order chi connectivity index (χ0) is 18.2. The van der Waals surface area contributed by atoms with Crippen LogP contribution >= 0.6 is 24.0 Å². The summed E-state index contributed by atoms with van der Waals surface area (Å²) in [7, 11) is 0. The summed E-state index contributed by atoms with van der Waals surface area (Å²) in [6.45, 7) is 5.02. The maximum Gasteiger partial charge on any atom is 0.227 e. The molecule has 1 aromatic heterocycles. The largest absolute Gasteiger partial charge is 0.469 e. The predicted octanol–water partition coefficient (Wildman–Crippen LogP) is 3.32. The van der Waals surface area contributed by atoms with Gasteiger partial charge in [0.05, 0.1) is 12.8 Å². The average molecular weight is 482 g/mol. The van der Waals surface area contributed by atoms with Crippen molar-refractivity contribution in [3.63, 3.8) is 0 Å². The fourth-order valence-corrected chi connectivity index (χ4v) is 2.97. The van der Waals surface area contributed by atoms with Gasteiger partial charge in [0, 0.05) is 38.2 Å². The van der Waals surface area contributed by atoms with Crippen LogP contribution in [-0.2, 0) is 17.8 Å². The molecule has 0 atom stereocenters. The molecule has 2 N–H and O–H groups in total. The van der Waals surface area contributed by atoms with Crippen molar-refractivity contribution in [1.29, 1.82) is 0 Å². The van der Waals surface area contributed by atoms with Gasteiger partial charge in [-0.05, 0) is 43.2 Å². The number of carbonyl (C=O) groups excluding carboxylic acids is 1. The van der Waals surface area contributed by atoms with Crippen LogP contribution in [0.1, 0.15) is 31.1 Å². The predicted molar refractivity (Wildman–Crippen MR) is 119 cm³/mol. The zero-order valence-corrected chi connectivity index (χ0v) is 17.9. The third-order valence-electron chi connectivity index (χ3n) is 4.33. The molecule has 1 saturated heterocycles. The number of carbonyl (C=O) groups is 1. The van der Waals surface area contributed by atoms with E-state index < -0.39 is 0 Å². The number of anilines is 1. The molecule has 2 aromatic rings. The SMILES string of the molecule is CCNC(=NCc1ccc(N2CCCC2=O)cc1)NCCc1ccco1.I. The van der Waals surface area contributed by atoms with Crippen molar-refractivity contribution in [2.75, 3.05) is 24.5 Å². The summed E-state index contributed by atoms with van der Waals surface area (Å²) in [5, 5.41) is 6.57. The molecule has 1 aliphatic rings. The Bertz CT molecular complexity index is 729. The molecule has 6 nitrogen and oxygen atoms in total. The van der Waals surface area contributed by atoms with Gasteiger partial charge < -0.3 is 20.0 Å². The van der Waals surface area contributed by atoms with E-state index in [-0.39, 0.29) is 29.9 Å². The summed E-state index contributed by atoms with van der Waals surface area (Å²) < 4.78 is 5.34. The van der Waals surface area contributed by atoms with E-state index in [9.17, 15) is 4.79 Å². The molecule has 0 bridgehead atoms. The third kappa shape index (κ3) is 6.27. The maximum atomic E-state index is 11.8. The molecule has 3 rings (SSSR count). The second-order valence-electron chi connectivity index (χ2n) is 6.27. The zero-order valence-electron chi connectivity index (χ0n) is 15.6. The number of guanidine groups is 1. The summed E-state index contributed by atoms with van der Waals surface area (Å²) in [6, 6.07) is 12.0. The molecule has 0 saturated carbocycles. The monoisotopic (exact) mass is 482 g/mol. The molecule has 7 heteroatoms. The minimum Gasteiger partial charge on any atom is -0.469 e. The van der Waals surface area contributed by atoms with Crippen LogP contribution in [0.3, 0.4) is 0 Å². The molecule has 0 aliphatic carbocycles. The van der Waals surface area contributed by atoms with Crippen LogP contribution in [0.2, 0.25) is 0 Å². The summed E-state index contributed by atoms with van der Waals surface area (Å²) in [4.78, 5) is 18.3. The maximum absolute atomic E-state index is 11.8. The van der Waals surface area contributed by atoms with Crippen molar-refractivity contribution in [2.45, 2.75) is 32.7 Å². The Balaban J connectivity index is 0.00000261. The Morgan fingerprint density at radius 3 is 2.67 bits per heavy atom. The summed E-state index contributed by atoms with van der Waals surface area (Å²) in [5.74, 6) is 1.96. The number of halogens is 1. The minimum absolute atomic E-state index is 0. The Morgan fingerprint density at radius 2 is 2.04 bits per heavy atom. The average Bonchev–Trinajstić information content (AvgIpc) is 3.32. The molecule has 146 valence electrons. The molecule has 1 fully saturated rings. The first-order valence-electron chi connectivity index (χ1n) is 9.20. The standard InChI is InChI=1S/C20H26N4O2.HI/c1-2-21-20(22-12-11-18-5-4-14-26-18)23-15-16-7-9-17(10-8-16)24-13-3-6-19(24)25;/h4-5,7-10,14H,2-3,6,11-13,15H2,1H3,(H2,21,22,23);1H. The lowest BCUT2D eigenvalue weighted by atomic mass is 10.2. The molecule has 1 aromatic carbocycles. The molecule has 1 amide bonds. The number of hydrogen-bond donors (Lipinski definition) is 2. The second-order valence-corrected chi connectivity index (χ2v) is 6.27. The Hall–Kier alpha value is -2.03. The van der Waals surface area contributed by atoms with Gasteiger partial charge in [-0.3, -0.25) is 4.79 Å². The lowest BCUT2D eigenvalue weighted by Gasteiger charge is -2.15. The van der Waals surface area contributed by atoms with Crippen LogP contribution in [0.15, 0.2) is 52.1 Å². The Labute approximate surface area is 177 Å². The topological polar surface area (TPSA) is 69.9 Å². The molecule has 0 unspecified atom stereocenters. The van der Waals surface area contributed by atoms with Gasteiger partial charge in [0.15, 0.2) is 5.96 Å². The first-order chi connectivity index (χ1) is 12.8. The number of nitrogens with zero attached hydrogens (tertiary/aromatic N) is 2. The fourth-order valence-electron chi connectivity index (χ4n) is 2.97. The van der Waals surface area contributed by atoms with E-state index in [1.54, 1.807) is 6.26 Å². The van der Waals surface area contributed by atoms with Crippen LogP contribution in [0.5, 0.6) is 0 Å². The highest BCUT2D eigenvalue weighted by molar-refractivity contribution is 14.0. The van der Waals surface area contributed by atoms with E-state index in [4.69, 9.17) is 4.42 Å². The van der Waals surface area contributed by atoms with Gasteiger partial charge >= 0.3 is 0 Å². The van der Waals surface area contributed by atoms with Crippen LogP contribution in [0.25, 0.3) is 0 Å². The lowest BCUT2D eigenvalue weighted by molar-refractivity contribution is -0.117. The summed E-state index contributed by atoms with van der Waals surface area (Å²) in [6.07, 6.45) is 4.10. The fraction of sp³-hybridized carbons (Fsp3) is 0.400. The minimum atomic E-state index is 0.